The van der Waals surface area contributed by atoms with E-state index in [2.05, 4.69) is 0 Å². The zero-order valence-corrected chi connectivity index (χ0v) is 7.05. The third-order valence-electron chi connectivity index (χ3n) is 2.19. The van der Waals surface area contributed by atoms with Crippen LogP contribution in [0.4, 0.5) is 0 Å². The number of hydrogen-bond acceptors (Lipinski definition) is 2. The lowest BCUT2D eigenvalue weighted by molar-refractivity contribution is -0.129. The first-order chi connectivity index (χ1) is 5.11. The van der Waals surface area contributed by atoms with Crippen molar-refractivity contribution in [3.05, 3.63) is 0 Å². The Bertz CT molecular complexity index is 189. The van der Waals surface area contributed by atoms with Crippen LogP contribution >= 0.6 is 0 Å². The SMILES string of the molecule is CC(=O)N1CCC(=N)C(C)C1. The molecule has 1 amide bonds. The maximum Gasteiger partial charge on any atom is 0.219 e. The summed E-state index contributed by atoms with van der Waals surface area (Å²) in [6, 6.07) is 0. The summed E-state index contributed by atoms with van der Waals surface area (Å²) < 4.78 is 0. The van der Waals surface area contributed by atoms with Gasteiger partial charge < -0.3 is 10.3 Å². The second-order valence-electron chi connectivity index (χ2n) is 3.14. The standard InChI is InChI=1S/C8H14N2O/c1-6-5-10(7(2)11)4-3-8(6)9/h6,9H,3-5H2,1-2H3. The first kappa shape index (κ1) is 8.24. The van der Waals surface area contributed by atoms with E-state index in [1.165, 1.54) is 0 Å². The molecular formula is C8H14N2O. The summed E-state index contributed by atoms with van der Waals surface area (Å²) in [5, 5.41) is 7.49. The van der Waals surface area contributed by atoms with Gasteiger partial charge in [0.25, 0.3) is 0 Å². The largest absolute Gasteiger partial charge is 0.342 e. The number of amides is 1. The molecule has 3 nitrogen and oxygen atoms in total. The fraction of sp³-hybridized carbons (Fsp3) is 0.750. The van der Waals surface area contributed by atoms with Gasteiger partial charge in [-0.3, -0.25) is 4.79 Å². The van der Waals surface area contributed by atoms with Crippen molar-refractivity contribution in [3.63, 3.8) is 0 Å². The topological polar surface area (TPSA) is 44.2 Å². The van der Waals surface area contributed by atoms with Crippen LogP contribution in [-0.2, 0) is 4.79 Å². The van der Waals surface area contributed by atoms with Gasteiger partial charge in [0.05, 0.1) is 0 Å². The Morgan fingerprint density at radius 2 is 2.36 bits per heavy atom. The number of rotatable bonds is 0. The summed E-state index contributed by atoms with van der Waals surface area (Å²) in [4.78, 5) is 12.7. The summed E-state index contributed by atoms with van der Waals surface area (Å²) in [6.07, 6.45) is 0.751. The molecule has 0 aromatic carbocycles. The van der Waals surface area contributed by atoms with Gasteiger partial charge in [-0.2, -0.15) is 0 Å². The maximum absolute atomic E-state index is 10.9. The van der Waals surface area contributed by atoms with Crippen LogP contribution in [0.2, 0.25) is 0 Å². The molecule has 1 rings (SSSR count). The van der Waals surface area contributed by atoms with Gasteiger partial charge in [-0.1, -0.05) is 6.92 Å². The van der Waals surface area contributed by atoms with Gasteiger partial charge in [0, 0.05) is 38.1 Å². The summed E-state index contributed by atoms with van der Waals surface area (Å²) in [5.41, 5.74) is 0.780. The van der Waals surface area contributed by atoms with E-state index in [9.17, 15) is 4.79 Å². The molecule has 1 fully saturated rings. The van der Waals surface area contributed by atoms with Crippen LogP contribution in [0.1, 0.15) is 20.3 Å². The fourth-order valence-electron chi connectivity index (χ4n) is 1.32. The van der Waals surface area contributed by atoms with E-state index in [4.69, 9.17) is 5.41 Å². The van der Waals surface area contributed by atoms with Gasteiger partial charge in [0.1, 0.15) is 0 Å². The van der Waals surface area contributed by atoms with Gasteiger partial charge in [0.15, 0.2) is 0 Å². The first-order valence-corrected chi connectivity index (χ1v) is 3.94. The van der Waals surface area contributed by atoms with Crippen molar-refractivity contribution < 1.29 is 4.79 Å². The molecule has 0 bridgehead atoms. The molecule has 0 aliphatic carbocycles. The van der Waals surface area contributed by atoms with Gasteiger partial charge in [-0.25, -0.2) is 0 Å². The Labute approximate surface area is 66.9 Å². The molecule has 1 aliphatic rings. The minimum Gasteiger partial charge on any atom is -0.342 e. The minimum absolute atomic E-state index is 0.129. The highest BCUT2D eigenvalue weighted by Gasteiger charge is 2.21. The smallest absolute Gasteiger partial charge is 0.219 e. The van der Waals surface area contributed by atoms with Crippen molar-refractivity contribution >= 4 is 11.6 Å². The number of nitrogens with one attached hydrogen (secondary N) is 1. The molecule has 11 heavy (non-hydrogen) atoms. The van der Waals surface area contributed by atoms with Crippen LogP contribution in [0.5, 0.6) is 0 Å². The Morgan fingerprint density at radius 3 is 2.82 bits per heavy atom. The van der Waals surface area contributed by atoms with Gasteiger partial charge in [-0.15, -0.1) is 0 Å². The average Bonchev–Trinajstić information content (AvgIpc) is 1.94. The molecule has 62 valence electrons. The van der Waals surface area contributed by atoms with Crippen LogP contribution in [0.3, 0.4) is 0 Å². The van der Waals surface area contributed by atoms with E-state index in [1.807, 2.05) is 11.8 Å². The zero-order chi connectivity index (χ0) is 8.43. The summed E-state index contributed by atoms with van der Waals surface area (Å²) >= 11 is 0. The van der Waals surface area contributed by atoms with Crippen molar-refractivity contribution in [3.8, 4) is 0 Å². The molecule has 0 radical (unpaired) electrons. The van der Waals surface area contributed by atoms with E-state index < -0.39 is 0 Å². The zero-order valence-electron chi connectivity index (χ0n) is 7.05. The monoisotopic (exact) mass is 154 g/mol. The highest BCUT2D eigenvalue weighted by molar-refractivity contribution is 5.86. The average molecular weight is 154 g/mol. The maximum atomic E-state index is 10.9. The van der Waals surface area contributed by atoms with Crippen molar-refractivity contribution in [1.29, 1.82) is 5.41 Å². The highest BCUT2D eigenvalue weighted by atomic mass is 16.2. The Hall–Kier alpha value is -0.860. The minimum atomic E-state index is 0.129. The summed E-state index contributed by atoms with van der Waals surface area (Å²) in [7, 11) is 0. The molecule has 0 saturated carbocycles. The van der Waals surface area contributed by atoms with Crippen LogP contribution in [0.25, 0.3) is 0 Å². The van der Waals surface area contributed by atoms with Gasteiger partial charge in [-0.05, 0) is 0 Å². The van der Waals surface area contributed by atoms with Crippen LogP contribution in [0, 0.1) is 11.3 Å². The number of carbonyl (C=O) groups excluding carboxylic acids is 1. The van der Waals surface area contributed by atoms with E-state index in [1.54, 1.807) is 6.92 Å². The van der Waals surface area contributed by atoms with Crippen molar-refractivity contribution in [2.45, 2.75) is 20.3 Å². The lowest BCUT2D eigenvalue weighted by Gasteiger charge is -2.30. The van der Waals surface area contributed by atoms with Crippen LogP contribution < -0.4 is 0 Å². The summed E-state index contributed by atoms with van der Waals surface area (Å²) in [6.45, 7) is 5.05. The van der Waals surface area contributed by atoms with Crippen molar-refractivity contribution in [2.75, 3.05) is 13.1 Å². The normalized spacial score (nSPS) is 25.5. The number of piperidine rings is 1. The molecule has 1 unspecified atom stereocenters. The van der Waals surface area contributed by atoms with Gasteiger partial charge >= 0.3 is 0 Å². The van der Waals surface area contributed by atoms with E-state index in [0.29, 0.717) is 0 Å². The number of nitrogens with zero attached hydrogens (tertiary/aromatic N) is 1. The predicted molar refractivity (Wildman–Crippen MR) is 43.8 cm³/mol. The molecule has 1 aliphatic heterocycles. The second kappa shape index (κ2) is 3.03. The van der Waals surface area contributed by atoms with Gasteiger partial charge in [0.2, 0.25) is 5.91 Å². The lowest BCUT2D eigenvalue weighted by Crippen LogP contribution is -2.41. The quantitative estimate of drug-likeness (QED) is 0.553. The predicted octanol–water partition coefficient (Wildman–Crippen LogP) is 0.894. The van der Waals surface area contributed by atoms with E-state index >= 15 is 0 Å². The Kier molecular flexibility index (Phi) is 2.27. The highest BCUT2D eigenvalue weighted by Crippen LogP contribution is 2.11. The molecule has 1 atom stereocenters. The lowest BCUT2D eigenvalue weighted by atomic mass is 9.98. The molecule has 0 aromatic rings. The first-order valence-electron chi connectivity index (χ1n) is 3.94. The van der Waals surface area contributed by atoms with E-state index in [-0.39, 0.29) is 11.8 Å². The Morgan fingerprint density at radius 1 is 1.73 bits per heavy atom. The number of hydrogen-bond donors (Lipinski definition) is 1. The van der Waals surface area contributed by atoms with Crippen LogP contribution in [0.15, 0.2) is 0 Å². The van der Waals surface area contributed by atoms with Crippen molar-refractivity contribution in [1.82, 2.24) is 4.90 Å². The Balaban J connectivity index is 2.52. The third-order valence-corrected chi connectivity index (χ3v) is 2.19. The molecule has 0 spiro atoms. The molecule has 1 N–H and O–H groups in total. The molecule has 1 heterocycles. The molecule has 3 heteroatoms. The summed E-state index contributed by atoms with van der Waals surface area (Å²) in [5.74, 6) is 0.386. The van der Waals surface area contributed by atoms with Crippen LogP contribution in [-0.4, -0.2) is 29.6 Å². The molecule has 0 aromatic heterocycles. The van der Waals surface area contributed by atoms with Crippen molar-refractivity contribution in [2.24, 2.45) is 5.92 Å². The fourth-order valence-corrected chi connectivity index (χ4v) is 1.32. The number of carbonyl (C=O) groups is 1. The molecule has 1 saturated heterocycles. The second-order valence-corrected chi connectivity index (χ2v) is 3.14. The van der Waals surface area contributed by atoms with E-state index in [0.717, 1.165) is 25.2 Å². The third kappa shape index (κ3) is 1.79. The molecular weight excluding hydrogens is 140 g/mol. The number of likely N-dealkylation sites (tertiary alicyclic amines) is 1.